The zero-order chi connectivity index (χ0) is 21.4. The minimum absolute atomic E-state index is 0.0974. The van der Waals surface area contributed by atoms with E-state index in [0.717, 1.165) is 43.0 Å². The number of fused-ring (bicyclic) bond motifs is 1. The van der Waals surface area contributed by atoms with E-state index >= 15 is 0 Å². The molecule has 3 heterocycles. The van der Waals surface area contributed by atoms with Gasteiger partial charge in [-0.05, 0) is 18.4 Å². The number of benzene rings is 2. The van der Waals surface area contributed by atoms with Crippen LogP contribution in [-0.2, 0) is 13.6 Å². The van der Waals surface area contributed by atoms with E-state index in [2.05, 4.69) is 17.0 Å². The van der Waals surface area contributed by atoms with Gasteiger partial charge in [0, 0.05) is 31.7 Å². The van der Waals surface area contributed by atoms with Crippen molar-refractivity contribution < 1.29 is 0 Å². The molecule has 0 bridgehead atoms. The predicted molar refractivity (Wildman–Crippen MR) is 123 cm³/mol. The summed E-state index contributed by atoms with van der Waals surface area (Å²) in [5.74, 6) is 1.38. The maximum Gasteiger partial charge on any atom is 0.279 e. The lowest BCUT2D eigenvalue weighted by atomic mass is 10.1. The summed E-state index contributed by atoms with van der Waals surface area (Å²) in [6, 6.07) is 20.0. The topological polar surface area (TPSA) is 82.0 Å². The van der Waals surface area contributed by atoms with Gasteiger partial charge < -0.3 is 10.6 Å². The minimum atomic E-state index is -0.0974. The lowest BCUT2D eigenvalue weighted by molar-refractivity contribution is 0.495. The van der Waals surface area contributed by atoms with Gasteiger partial charge in [0.25, 0.3) is 5.56 Å². The fourth-order valence-corrected chi connectivity index (χ4v) is 4.34. The normalized spacial score (nSPS) is 16.7. The maximum atomic E-state index is 13.5. The molecular formula is C24H26N6O. The van der Waals surface area contributed by atoms with Gasteiger partial charge in [0.15, 0.2) is 11.2 Å². The molecule has 0 saturated carbocycles. The second-order valence-electron chi connectivity index (χ2n) is 8.17. The molecule has 0 aliphatic carbocycles. The Morgan fingerprint density at radius 3 is 2.45 bits per heavy atom. The van der Waals surface area contributed by atoms with Crippen molar-refractivity contribution in [2.75, 3.05) is 18.0 Å². The van der Waals surface area contributed by atoms with Crippen molar-refractivity contribution in [1.29, 1.82) is 0 Å². The Hall–Kier alpha value is -3.45. The number of aromatic nitrogens is 4. The highest BCUT2D eigenvalue weighted by atomic mass is 16.1. The highest BCUT2D eigenvalue weighted by Crippen LogP contribution is 2.25. The second-order valence-corrected chi connectivity index (χ2v) is 8.17. The summed E-state index contributed by atoms with van der Waals surface area (Å²) in [4.78, 5) is 25.4. The lowest BCUT2D eigenvalue weighted by Gasteiger charge is -2.31. The van der Waals surface area contributed by atoms with Crippen LogP contribution in [0.1, 0.15) is 18.4 Å². The molecule has 0 amide bonds. The van der Waals surface area contributed by atoms with Crippen LogP contribution in [0.15, 0.2) is 65.5 Å². The molecule has 7 heteroatoms. The van der Waals surface area contributed by atoms with Crippen LogP contribution >= 0.6 is 0 Å². The third-order valence-corrected chi connectivity index (χ3v) is 5.92. The number of nitrogens with zero attached hydrogens (tertiary/aromatic N) is 5. The van der Waals surface area contributed by atoms with Crippen molar-refractivity contribution >= 4 is 17.1 Å². The van der Waals surface area contributed by atoms with Crippen LogP contribution in [0.2, 0.25) is 0 Å². The average Bonchev–Trinajstić information content (AvgIpc) is 3.16. The van der Waals surface area contributed by atoms with Crippen LogP contribution in [0.5, 0.6) is 0 Å². The zero-order valence-electron chi connectivity index (χ0n) is 17.6. The van der Waals surface area contributed by atoms with E-state index in [1.165, 1.54) is 0 Å². The van der Waals surface area contributed by atoms with Crippen molar-refractivity contribution in [3.05, 3.63) is 76.6 Å². The number of nitrogens with two attached hydrogens (primary N) is 1. The molecule has 7 nitrogen and oxygen atoms in total. The monoisotopic (exact) mass is 414 g/mol. The van der Waals surface area contributed by atoms with Gasteiger partial charge in [-0.1, -0.05) is 60.7 Å². The van der Waals surface area contributed by atoms with Crippen LogP contribution in [0.4, 0.5) is 5.95 Å². The Bertz CT molecular complexity index is 1260. The molecule has 0 spiro atoms. The van der Waals surface area contributed by atoms with Gasteiger partial charge in [0.05, 0.1) is 6.54 Å². The van der Waals surface area contributed by atoms with Gasteiger partial charge in [0.2, 0.25) is 5.95 Å². The highest BCUT2D eigenvalue weighted by molar-refractivity contribution is 5.77. The molecule has 2 aromatic carbocycles. The zero-order valence-corrected chi connectivity index (χ0v) is 17.6. The molecule has 31 heavy (non-hydrogen) atoms. The average molecular weight is 415 g/mol. The minimum Gasteiger partial charge on any atom is -0.341 e. The van der Waals surface area contributed by atoms with Gasteiger partial charge in [-0.2, -0.15) is 4.98 Å². The number of piperidine rings is 1. The molecule has 2 N–H and O–H groups in total. The number of rotatable bonds is 4. The lowest BCUT2D eigenvalue weighted by Crippen LogP contribution is -2.44. The van der Waals surface area contributed by atoms with Gasteiger partial charge in [-0.3, -0.25) is 13.9 Å². The number of anilines is 1. The summed E-state index contributed by atoms with van der Waals surface area (Å²) in [6.07, 6.45) is 2.02. The number of imidazole rings is 1. The first kappa shape index (κ1) is 19.5. The van der Waals surface area contributed by atoms with Crippen LogP contribution in [0.25, 0.3) is 22.6 Å². The van der Waals surface area contributed by atoms with Crippen LogP contribution < -0.4 is 16.2 Å². The van der Waals surface area contributed by atoms with Crippen molar-refractivity contribution in [3.8, 4) is 11.4 Å². The molecule has 1 atom stereocenters. The smallest absolute Gasteiger partial charge is 0.279 e. The standard InChI is InChI=1S/C24H26N6O/c1-28-22(18-11-6-3-7-12-18)26-21-20(23(28)31)30(15-17-9-4-2-5-10-17)24(27-21)29-14-8-13-19(25)16-29/h2-7,9-12,19H,8,13-16,25H2,1H3. The van der Waals surface area contributed by atoms with Crippen LogP contribution in [0, 0.1) is 0 Å². The number of hydrogen-bond acceptors (Lipinski definition) is 5. The van der Waals surface area contributed by atoms with E-state index in [1.807, 2.05) is 53.1 Å². The van der Waals surface area contributed by atoms with Gasteiger partial charge in [-0.15, -0.1) is 0 Å². The maximum absolute atomic E-state index is 13.5. The van der Waals surface area contributed by atoms with Crippen LogP contribution in [0.3, 0.4) is 0 Å². The summed E-state index contributed by atoms with van der Waals surface area (Å²) < 4.78 is 3.62. The first-order valence-electron chi connectivity index (χ1n) is 10.7. The quantitative estimate of drug-likeness (QED) is 0.555. The molecule has 2 aromatic heterocycles. The Morgan fingerprint density at radius 2 is 1.74 bits per heavy atom. The summed E-state index contributed by atoms with van der Waals surface area (Å²) in [5, 5.41) is 0. The summed E-state index contributed by atoms with van der Waals surface area (Å²) in [7, 11) is 1.77. The van der Waals surface area contributed by atoms with Crippen molar-refractivity contribution in [3.63, 3.8) is 0 Å². The fraction of sp³-hybridized carbons (Fsp3) is 0.292. The fourth-order valence-electron chi connectivity index (χ4n) is 4.34. The van der Waals surface area contributed by atoms with Crippen LogP contribution in [-0.4, -0.2) is 38.2 Å². The van der Waals surface area contributed by atoms with E-state index in [1.54, 1.807) is 11.6 Å². The summed E-state index contributed by atoms with van der Waals surface area (Å²) in [5.41, 5.74) is 9.16. The Balaban J connectivity index is 1.72. The molecule has 1 fully saturated rings. The Labute approximate surface area is 180 Å². The second kappa shape index (κ2) is 8.00. The first-order chi connectivity index (χ1) is 15.1. The number of hydrogen-bond donors (Lipinski definition) is 1. The van der Waals surface area contributed by atoms with E-state index in [-0.39, 0.29) is 11.6 Å². The van der Waals surface area contributed by atoms with E-state index in [0.29, 0.717) is 23.5 Å². The molecule has 5 rings (SSSR count). The van der Waals surface area contributed by atoms with E-state index in [4.69, 9.17) is 15.7 Å². The Morgan fingerprint density at radius 1 is 1.03 bits per heavy atom. The molecule has 1 saturated heterocycles. The van der Waals surface area contributed by atoms with E-state index in [9.17, 15) is 4.79 Å². The van der Waals surface area contributed by atoms with Crippen molar-refractivity contribution in [2.24, 2.45) is 12.8 Å². The SMILES string of the molecule is Cn1c(-c2ccccc2)nc2nc(N3CCCC(N)C3)n(Cc3ccccc3)c2c1=O. The molecule has 1 unspecified atom stereocenters. The van der Waals surface area contributed by atoms with Gasteiger partial charge in [0.1, 0.15) is 5.82 Å². The third kappa shape index (κ3) is 3.61. The molecule has 1 aliphatic rings. The Kier molecular flexibility index (Phi) is 5.03. The van der Waals surface area contributed by atoms with Gasteiger partial charge in [-0.25, -0.2) is 4.98 Å². The summed E-state index contributed by atoms with van der Waals surface area (Å²) in [6.45, 7) is 2.15. The first-order valence-corrected chi connectivity index (χ1v) is 10.7. The van der Waals surface area contributed by atoms with Crippen molar-refractivity contribution in [2.45, 2.75) is 25.4 Å². The molecular weight excluding hydrogens is 388 g/mol. The highest BCUT2D eigenvalue weighted by Gasteiger charge is 2.25. The third-order valence-electron chi connectivity index (χ3n) is 5.92. The van der Waals surface area contributed by atoms with Crippen molar-refractivity contribution in [1.82, 2.24) is 19.1 Å². The molecule has 4 aromatic rings. The summed E-state index contributed by atoms with van der Waals surface area (Å²) >= 11 is 0. The molecule has 0 radical (unpaired) electrons. The van der Waals surface area contributed by atoms with E-state index < -0.39 is 0 Å². The van der Waals surface area contributed by atoms with Gasteiger partial charge >= 0.3 is 0 Å². The molecule has 158 valence electrons. The largest absolute Gasteiger partial charge is 0.341 e. The predicted octanol–water partition coefficient (Wildman–Crippen LogP) is 2.77. The molecule has 1 aliphatic heterocycles.